The molecule has 1 fully saturated rings. The molecule has 2 rings (SSSR count). The highest BCUT2D eigenvalue weighted by Gasteiger charge is 2.34. The van der Waals surface area contributed by atoms with Gasteiger partial charge in [-0.1, -0.05) is 20.8 Å². The lowest BCUT2D eigenvalue weighted by Gasteiger charge is -2.13. The van der Waals surface area contributed by atoms with Gasteiger partial charge >= 0.3 is 5.97 Å². The van der Waals surface area contributed by atoms with Gasteiger partial charge in [0.25, 0.3) is 0 Å². The predicted molar refractivity (Wildman–Crippen MR) is 71.8 cm³/mol. The number of carbonyl (C=O) groups is 1. The lowest BCUT2D eigenvalue weighted by atomic mass is 9.99. The van der Waals surface area contributed by atoms with Crippen LogP contribution in [0.15, 0.2) is 5.38 Å². The number of thiazole rings is 1. The van der Waals surface area contributed by atoms with E-state index in [1.807, 2.05) is 6.92 Å². The van der Waals surface area contributed by atoms with Crippen molar-refractivity contribution in [2.75, 3.05) is 13.1 Å². The second kappa shape index (κ2) is 5.36. The van der Waals surface area contributed by atoms with Crippen molar-refractivity contribution < 1.29 is 9.90 Å². The Bertz CT molecular complexity index is 430. The summed E-state index contributed by atoms with van der Waals surface area (Å²) in [5.41, 5.74) is 1.07. The number of hydrogen-bond donors (Lipinski definition) is 1. The highest BCUT2D eigenvalue weighted by Crippen LogP contribution is 2.26. The molecule has 1 N–H and O–H groups in total. The summed E-state index contributed by atoms with van der Waals surface area (Å²) < 4.78 is 0. The van der Waals surface area contributed by atoms with Crippen molar-refractivity contribution in [2.45, 2.75) is 33.2 Å². The summed E-state index contributed by atoms with van der Waals surface area (Å²) in [4.78, 5) is 17.9. The molecule has 2 atom stereocenters. The van der Waals surface area contributed by atoms with Crippen LogP contribution in [0.3, 0.4) is 0 Å². The van der Waals surface area contributed by atoms with E-state index in [0.717, 1.165) is 23.8 Å². The zero-order chi connectivity index (χ0) is 13.3. The fourth-order valence-corrected chi connectivity index (χ4v) is 3.23. The third-order valence-electron chi connectivity index (χ3n) is 3.45. The van der Waals surface area contributed by atoms with Gasteiger partial charge < -0.3 is 5.11 Å². The molecule has 1 aliphatic rings. The number of rotatable bonds is 4. The second-order valence-electron chi connectivity index (χ2n) is 5.45. The van der Waals surface area contributed by atoms with Crippen LogP contribution in [0.1, 0.15) is 37.4 Å². The van der Waals surface area contributed by atoms with Gasteiger partial charge in [0.05, 0.1) is 16.6 Å². The summed E-state index contributed by atoms with van der Waals surface area (Å²) in [7, 11) is 0. The Balaban J connectivity index is 1.96. The summed E-state index contributed by atoms with van der Waals surface area (Å²) in [5, 5.41) is 12.4. The van der Waals surface area contributed by atoms with Crippen LogP contribution in [0, 0.1) is 11.8 Å². The quantitative estimate of drug-likeness (QED) is 0.911. The van der Waals surface area contributed by atoms with E-state index in [-0.39, 0.29) is 11.8 Å². The molecule has 4 nitrogen and oxygen atoms in total. The third-order valence-corrected chi connectivity index (χ3v) is 4.65. The topological polar surface area (TPSA) is 53.4 Å². The summed E-state index contributed by atoms with van der Waals surface area (Å²) in [6.07, 6.45) is 0. The molecule has 0 aliphatic carbocycles. The molecule has 1 aromatic rings. The molecule has 0 spiro atoms. The first kappa shape index (κ1) is 13.5. The normalized spacial score (nSPS) is 24.9. The Labute approximate surface area is 112 Å². The standard InChI is InChI=1S/C13H20N2O2S/c1-8(2)12-14-10(7-18-12)5-15-4-9(3)11(6-15)13(16)17/h7-9,11H,4-6H2,1-3H3,(H,16,17). The van der Waals surface area contributed by atoms with Crippen molar-refractivity contribution in [3.8, 4) is 0 Å². The monoisotopic (exact) mass is 268 g/mol. The average Bonchev–Trinajstić information content (AvgIpc) is 2.86. The summed E-state index contributed by atoms with van der Waals surface area (Å²) in [6, 6.07) is 0. The fourth-order valence-electron chi connectivity index (χ4n) is 2.41. The van der Waals surface area contributed by atoms with E-state index < -0.39 is 5.97 Å². The van der Waals surface area contributed by atoms with Gasteiger partial charge in [0.2, 0.25) is 0 Å². The molecular formula is C13H20N2O2S. The van der Waals surface area contributed by atoms with Crippen LogP contribution in [-0.4, -0.2) is 34.0 Å². The van der Waals surface area contributed by atoms with Crippen molar-refractivity contribution in [1.29, 1.82) is 0 Å². The van der Waals surface area contributed by atoms with Crippen LogP contribution in [0.2, 0.25) is 0 Å². The van der Waals surface area contributed by atoms with Gasteiger partial charge in [0, 0.05) is 30.9 Å². The summed E-state index contributed by atoms with van der Waals surface area (Å²) in [6.45, 7) is 8.56. The molecule has 0 radical (unpaired) electrons. The van der Waals surface area contributed by atoms with E-state index in [2.05, 4.69) is 29.1 Å². The maximum atomic E-state index is 11.1. The zero-order valence-electron chi connectivity index (χ0n) is 11.1. The summed E-state index contributed by atoms with van der Waals surface area (Å²) >= 11 is 1.69. The van der Waals surface area contributed by atoms with Crippen LogP contribution in [-0.2, 0) is 11.3 Å². The third kappa shape index (κ3) is 2.90. The molecule has 2 unspecified atom stereocenters. The number of nitrogens with zero attached hydrogens (tertiary/aromatic N) is 2. The molecule has 0 amide bonds. The van der Waals surface area contributed by atoms with Gasteiger partial charge in [-0.2, -0.15) is 0 Å². The smallest absolute Gasteiger partial charge is 0.308 e. The van der Waals surface area contributed by atoms with Crippen molar-refractivity contribution in [2.24, 2.45) is 11.8 Å². The highest BCUT2D eigenvalue weighted by molar-refractivity contribution is 7.09. The van der Waals surface area contributed by atoms with E-state index in [9.17, 15) is 4.79 Å². The maximum absolute atomic E-state index is 11.1. The van der Waals surface area contributed by atoms with Crippen LogP contribution in [0.4, 0.5) is 0 Å². The van der Waals surface area contributed by atoms with Crippen molar-refractivity contribution >= 4 is 17.3 Å². The number of aromatic nitrogens is 1. The maximum Gasteiger partial charge on any atom is 0.308 e. The van der Waals surface area contributed by atoms with Gasteiger partial charge in [0.1, 0.15) is 0 Å². The highest BCUT2D eigenvalue weighted by atomic mass is 32.1. The molecule has 0 aromatic carbocycles. The van der Waals surface area contributed by atoms with Gasteiger partial charge in [-0.3, -0.25) is 9.69 Å². The number of likely N-dealkylation sites (tertiary alicyclic amines) is 1. The van der Waals surface area contributed by atoms with Crippen LogP contribution in [0.25, 0.3) is 0 Å². The minimum Gasteiger partial charge on any atom is -0.481 e. The SMILES string of the molecule is CC(C)c1nc(CN2CC(C)C(C(=O)O)C2)cs1. The predicted octanol–water partition coefficient (Wildman–Crippen LogP) is 2.42. The molecule has 1 aromatic heterocycles. The Morgan fingerprint density at radius 3 is 2.83 bits per heavy atom. The van der Waals surface area contributed by atoms with Crippen molar-refractivity contribution in [3.63, 3.8) is 0 Å². The molecular weight excluding hydrogens is 248 g/mol. The largest absolute Gasteiger partial charge is 0.481 e. The van der Waals surface area contributed by atoms with Crippen LogP contribution in [0.5, 0.6) is 0 Å². The van der Waals surface area contributed by atoms with Crippen LogP contribution < -0.4 is 0 Å². The molecule has 1 saturated heterocycles. The molecule has 1 aliphatic heterocycles. The number of aliphatic carboxylic acids is 1. The van der Waals surface area contributed by atoms with Crippen molar-refractivity contribution in [1.82, 2.24) is 9.88 Å². The van der Waals surface area contributed by atoms with E-state index >= 15 is 0 Å². The van der Waals surface area contributed by atoms with Gasteiger partial charge in [-0.15, -0.1) is 11.3 Å². The van der Waals surface area contributed by atoms with Gasteiger partial charge in [0.15, 0.2) is 0 Å². The lowest BCUT2D eigenvalue weighted by Crippen LogP contribution is -2.23. The van der Waals surface area contributed by atoms with Crippen molar-refractivity contribution in [3.05, 3.63) is 16.1 Å². The second-order valence-corrected chi connectivity index (χ2v) is 6.34. The van der Waals surface area contributed by atoms with E-state index in [1.54, 1.807) is 11.3 Å². The Kier molecular flexibility index (Phi) is 4.02. The number of carboxylic acid groups (broad SMARTS) is 1. The van der Waals surface area contributed by atoms with E-state index in [4.69, 9.17) is 5.11 Å². The summed E-state index contributed by atoms with van der Waals surface area (Å²) in [5.74, 6) is -0.210. The molecule has 18 heavy (non-hydrogen) atoms. The van der Waals surface area contributed by atoms with Crippen LogP contribution >= 0.6 is 11.3 Å². The molecule has 0 saturated carbocycles. The van der Waals surface area contributed by atoms with E-state index in [1.165, 1.54) is 0 Å². The van der Waals surface area contributed by atoms with Gasteiger partial charge in [-0.05, 0) is 5.92 Å². The van der Waals surface area contributed by atoms with E-state index in [0.29, 0.717) is 12.5 Å². The molecule has 5 heteroatoms. The zero-order valence-corrected chi connectivity index (χ0v) is 11.9. The van der Waals surface area contributed by atoms with Gasteiger partial charge in [-0.25, -0.2) is 4.98 Å². The molecule has 100 valence electrons. The minimum absolute atomic E-state index is 0.228. The first-order valence-electron chi connectivity index (χ1n) is 6.36. The lowest BCUT2D eigenvalue weighted by molar-refractivity contribution is -0.142. The first-order chi connectivity index (χ1) is 8.47. The minimum atomic E-state index is -0.675. The number of hydrogen-bond acceptors (Lipinski definition) is 4. The number of carboxylic acids is 1. The Hall–Kier alpha value is -0.940. The molecule has 2 heterocycles. The molecule has 0 bridgehead atoms. The first-order valence-corrected chi connectivity index (χ1v) is 7.24. The fraction of sp³-hybridized carbons (Fsp3) is 0.692. The average molecular weight is 268 g/mol. The Morgan fingerprint density at radius 2 is 2.33 bits per heavy atom. The Morgan fingerprint density at radius 1 is 1.61 bits per heavy atom.